The summed E-state index contributed by atoms with van der Waals surface area (Å²) in [5.41, 5.74) is -1.95. The third-order valence-electron chi connectivity index (χ3n) is 8.14. The summed E-state index contributed by atoms with van der Waals surface area (Å²) in [7, 11) is -7.71. The largest absolute Gasteiger partial charge is 0.508 e. The maximum Gasteiger partial charge on any atom is 0.345 e. The number of hydrogen-bond acceptors (Lipinski definition) is 11. The Balaban J connectivity index is 2.78. The molecule has 0 saturated carbocycles. The number of phenolic OH excluding ortho intramolecular Hbond substituents is 2. The van der Waals surface area contributed by atoms with E-state index in [1.165, 1.54) is 0 Å². The molecule has 0 amide bonds. The SMILES string of the molecule is CCCC(=O)CCCCCC(CN(Cc1ccccc1O)CP(=O)(OC(C)(C)C)OC(C)(C)C)N(Cc1ccccc1O)CP(=O)(OC(C)(C)C)OC(C)(C)C. The van der Waals surface area contributed by atoms with Crippen LogP contribution in [-0.4, -0.2) is 73.4 Å². The van der Waals surface area contributed by atoms with Gasteiger partial charge in [-0.15, -0.1) is 0 Å². The first-order chi connectivity index (χ1) is 25.6. The van der Waals surface area contributed by atoms with E-state index in [9.17, 15) is 24.1 Å². The number of carbonyl (C=O) groups is 1. The smallest absolute Gasteiger partial charge is 0.345 e. The van der Waals surface area contributed by atoms with Crippen molar-refractivity contribution >= 4 is 21.0 Å². The Morgan fingerprint density at radius 3 is 1.48 bits per heavy atom. The molecule has 0 aliphatic carbocycles. The topological polar surface area (TPSA) is 135 Å². The molecule has 13 heteroatoms. The highest BCUT2D eigenvalue weighted by molar-refractivity contribution is 7.54. The van der Waals surface area contributed by atoms with Crippen LogP contribution >= 0.6 is 15.2 Å². The van der Waals surface area contributed by atoms with Gasteiger partial charge in [-0.25, -0.2) is 0 Å². The second kappa shape index (κ2) is 21.3. The summed E-state index contributed by atoms with van der Waals surface area (Å²) in [4.78, 5) is 16.4. The summed E-state index contributed by atoms with van der Waals surface area (Å²) < 4.78 is 55.0. The first-order valence-corrected chi connectivity index (χ1v) is 23.6. The molecule has 0 spiro atoms. The van der Waals surface area contributed by atoms with Crippen LogP contribution in [0.25, 0.3) is 0 Å². The number of nitrogens with zero attached hydrogens (tertiary/aromatic N) is 2. The summed E-state index contributed by atoms with van der Waals surface area (Å²) in [6.07, 6.45) is 4.60. The van der Waals surface area contributed by atoms with E-state index in [1.807, 2.05) is 124 Å². The van der Waals surface area contributed by atoms with Gasteiger partial charge in [0, 0.05) is 49.6 Å². The van der Waals surface area contributed by atoms with Gasteiger partial charge in [0.2, 0.25) is 0 Å². The lowest BCUT2D eigenvalue weighted by Crippen LogP contribution is -2.45. The molecule has 0 aromatic heterocycles. The molecule has 1 atom stereocenters. The lowest BCUT2D eigenvalue weighted by molar-refractivity contribution is -0.119. The van der Waals surface area contributed by atoms with E-state index in [4.69, 9.17) is 18.1 Å². The highest BCUT2D eigenvalue weighted by Gasteiger charge is 2.41. The maximum absolute atomic E-state index is 15.0. The van der Waals surface area contributed by atoms with Crippen molar-refractivity contribution < 1.29 is 42.2 Å². The van der Waals surface area contributed by atoms with Gasteiger partial charge in [-0.05, 0) is 114 Å². The number of hydrogen-bond donors (Lipinski definition) is 2. The van der Waals surface area contributed by atoms with Crippen LogP contribution < -0.4 is 0 Å². The van der Waals surface area contributed by atoms with Crippen molar-refractivity contribution in [2.45, 2.75) is 176 Å². The van der Waals surface area contributed by atoms with E-state index in [1.54, 1.807) is 24.3 Å². The zero-order valence-corrected chi connectivity index (χ0v) is 38.5. The third-order valence-corrected chi connectivity index (χ3v) is 12.9. The Bertz CT molecular complexity index is 1570. The van der Waals surface area contributed by atoms with Crippen molar-refractivity contribution in [3.63, 3.8) is 0 Å². The van der Waals surface area contributed by atoms with Crippen LogP contribution in [-0.2, 0) is 45.1 Å². The van der Waals surface area contributed by atoms with Gasteiger partial charge in [0.25, 0.3) is 0 Å². The fourth-order valence-electron chi connectivity index (χ4n) is 6.47. The predicted octanol–water partition coefficient (Wildman–Crippen LogP) is 11.7. The number of ketones is 1. The number of Topliss-reactive ketones (excluding diaryl/α,β-unsaturated/α-hetero) is 1. The molecule has 320 valence electrons. The second-order valence-corrected chi connectivity index (χ2v) is 22.6. The molecular weight excluding hydrogens is 750 g/mol. The minimum Gasteiger partial charge on any atom is -0.508 e. The van der Waals surface area contributed by atoms with Crippen molar-refractivity contribution in [3.05, 3.63) is 59.7 Å². The summed E-state index contributed by atoms with van der Waals surface area (Å²) in [6, 6.07) is 13.7. The Morgan fingerprint density at radius 2 is 1.05 bits per heavy atom. The predicted molar refractivity (Wildman–Crippen MR) is 227 cm³/mol. The Hall–Kier alpha value is -2.07. The highest BCUT2D eigenvalue weighted by Crippen LogP contribution is 2.57. The Labute approximate surface area is 338 Å². The Kier molecular flexibility index (Phi) is 19.0. The average Bonchev–Trinajstić information content (AvgIpc) is 2.98. The van der Waals surface area contributed by atoms with Crippen molar-refractivity contribution in [1.29, 1.82) is 0 Å². The van der Waals surface area contributed by atoms with Gasteiger partial charge in [0.15, 0.2) is 0 Å². The fourth-order valence-corrected chi connectivity index (χ4v) is 11.6. The summed E-state index contributed by atoms with van der Waals surface area (Å²) >= 11 is 0. The van der Waals surface area contributed by atoms with Crippen molar-refractivity contribution in [1.82, 2.24) is 9.80 Å². The molecule has 0 saturated heterocycles. The number of carbonyl (C=O) groups excluding carboxylic acids is 1. The van der Waals surface area contributed by atoms with Gasteiger partial charge in [-0.1, -0.05) is 56.2 Å². The minimum absolute atomic E-state index is 0.0988. The minimum atomic E-state index is -3.87. The van der Waals surface area contributed by atoms with E-state index in [0.717, 1.165) is 25.7 Å². The molecular formula is C43H74N2O9P2. The zero-order chi connectivity index (χ0) is 42.6. The molecule has 0 fully saturated rings. The van der Waals surface area contributed by atoms with Gasteiger partial charge in [0.05, 0.1) is 22.4 Å². The van der Waals surface area contributed by atoms with Crippen LogP contribution in [0.1, 0.15) is 146 Å². The van der Waals surface area contributed by atoms with E-state index in [0.29, 0.717) is 30.4 Å². The molecule has 2 rings (SSSR count). The molecule has 11 nitrogen and oxygen atoms in total. The molecule has 0 bridgehead atoms. The van der Waals surface area contributed by atoms with Crippen molar-refractivity contribution in [2.75, 3.05) is 19.1 Å². The van der Waals surface area contributed by atoms with E-state index >= 15 is 0 Å². The normalized spacial score (nSPS) is 14.1. The average molecular weight is 825 g/mol. The lowest BCUT2D eigenvalue weighted by atomic mass is 10.0. The molecule has 0 aliphatic rings. The standard InChI is InChI=1S/C43H74N2O9P2/c1-14-22-37(46)26-17-15-16-25-36(45(30-35-24-19-21-28-39(35)48)33-56(50,53-42(8,9)10)54-43(11,12)13)31-44(29-34-23-18-20-27-38(34)47)32-55(49,51-40(2,3)4)52-41(5,6)7/h18-21,23-24,27-28,36,47-48H,14-17,22,25-26,29-33H2,1-13H3. The Morgan fingerprint density at radius 1 is 0.625 bits per heavy atom. The number of benzene rings is 2. The number of phenols is 2. The van der Waals surface area contributed by atoms with E-state index in [2.05, 4.69) is 0 Å². The van der Waals surface area contributed by atoms with Crippen LogP contribution in [0.4, 0.5) is 0 Å². The highest BCUT2D eigenvalue weighted by atomic mass is 31.2. The summed E-state index contributed by atoms with van der Waals surface area (Å²) in [5, 5.41) is 22.0. The number of para-hydroxylation sites is 2. The molecule has 1 unspecified atom stereocenters. The van der Waals surface area contributed by atoms with Gasteiger partial charge >= 0.3 is 15.2 Å². The van der Waals surface area contributed by atoms with Gasteiger partial charge < -0.3 is 28.3 Å². The molecule has 2 aromatic rings. The summed E-state index contributed by atoms with van der Waals surface area (Å²) in [5.74, 6) is 0.454. The lowest BCUT2D eigenvalue weighted by Gasteiger charge is -2.41. The van der Waals surface area contributed by atoms with Crippen LogP contribution in [0.2, 0.25) is 0 Å². The molecule has 0 heterocycles. The van der Waals surface area contributed by atoms with Crippen LogP contribution in [0.15, 0.2) is 48.5 Å². The number of aromatic hydroxyl groups is 2. The zero-order valence-electron chi connectivity index (χ0n) is 36.7. The number of unbranched alkanes of at least 4 members (excludes halogenated alkanes) is 2. The quantitative estimate of drug-likeness (QED) is 0.0819. The van der Waals surface area contributed by atoms with Gasteiger partial charge in [-0.3, -0.25) is 23.7 Å². The van der Waals surface area contributed by atoms with Crippen LogP contribution in [0, 0.1) is 0 Å². The van der Waals surface area contributed by atoms with Crippen molar-refractivity contribution in [2.24, 2.45) is 0 Å². The van der Waals surface area contributed by atoms with E-state index in [-0.39, 0.29) is 55.5 Å². The maximum atomic E-state index is 15.0. The molecule has 0 radical (unpaired) electrons. The second-order valence-electron chi connectivity index (χ2n) is 18.9. The third kappa shape index (κ3) is 20.6. The van der Waals surface area contributed by atoms with Crippen molar-refractivity contribution in [3.8, 4) is 11.5 Å². The molecule has 56 heavy (non-hydrogen) atoms. The molecule has 2 N–H and O–H groups in total. The summed E-state index contributed by atoms with van der Waals surface area (Å²) in [6.45, 7) is 24.8. The monoisotopic (exact) mass is 824 g/mol. The number of rotatable bonds is 23. The fraction of sp³-hybridized carbons (Fsp3) is 0.698. The van der Waals surface area contributed by atoms with Crippen LogP contribution in [0.5, 0.6) is 11.5 Å². The van der Waals surface area contributed by atoms with Gasteiger partial charge in [-0.2, -0.15) is 0 Å². The first-order valence-electron chi connectivity index (χ1n) is 20.1. The van der Waals surface area contributed by atoms with Gasteiger partial charge in [0.1, 0.15) is 29.9 Å². The van der Waals surface area contributed by atoms with Crippen LogP contribution in [0.3, 0.4) is 0 Å². The molecule has 2 aromatic carbocycles. The first kappa shape index (κ1) is 50.1. The molecule has 0 aliphatic heterocycles. The van der Waals surface area contributed by atoms with E-state index < -0.39 is 37.6 Å².